The number of hydrogen-bond donors (Lipinski definition) is 3. The number of carbonyl (C=O) groups is 1. The van der Waals surface area contributed by atoms with Crippen molar-refractivity contribution in [1.29, 1.82) is 0 Å². The van der Waals surface area contributed by atoms with Crippen molar-refractivity contribution in [3.8, 4) is 5.75 Å². The summed E-state index contributed by atoms with van der Waals surface area (Å²) in [4.78, 5) is 14.0. The van der Waals surface area contributed by atoms with Crippen LogP contribution in [0.4, 0.5) is 10.5 Å². The summed E-state index contributed by atoms with van der Waals surface area (Å²) >= 11 is 5.98. The normalized spacial score (nSPS) is 25.9. The highest BCUT2D eigenvalue weighted by Gasteiger charge is 2.44. The van der Waals surface area contributed by atoms with Gasteiger partial charge < -0.3 is 20.3 Å². The van der Waals surface area contributed by atoms with Gasteiger partial charge in [-0.3, -0.25) is 0 Å². The van der Waals surface area contributed by atoms with Crippen molar-refractivity contribution in [2.24, 2.45) is 0 Å². The fourth-order valence-electron chi connectivity index (χ4n) is 4.73. The van der Waals surface area contributed by atoms with Crippen LogP contribution in [0.5, 0.6) is 5.75 Å². The summed E-state index contributed by atoms with van der Waals surface area (Å²) in [6.45, 7) is 1.04. The third-order valence-corrected chi connectivity index (χ3v) is 6.27. The molecule has 0 aliphatic carbocycles. The number of anilines is 1. The number of rotatable bonds is 5. The molecule has 0 saturated carbocycles. The van der Waals surface area contributed by atoms with Crippen LogP contribution in [-0.2, 0) is 6.54 Å². The molecular formula is C22H27ClN3O2+. The first-order valence-corrected chi connectivity index (χ1v) is 10.3. The summed E-state index contributed by atoms with van der Waals surface area (Å²) in [5, 5.41) is 6.67. The zero-order chi connectivity index (χ0) is 19.5. The molecule has 2 heterocycles. The van der Waals surface area contributed by atoms with E-state index in [9.17, 15) is 4.79 Å². The van der Waals surface area contributed by atoms with Crippen LogP contribution in [0.3, 0.4) is 0 Å². The Labute approximate surface area is 171 Å². The minimum Gasteiger partial charge on any atom is -0.497 e. The maximum atomic E-state index is 12.4. The predicted octanol–water partition coefficient (Wildman–Crippen LogP) is 3.25. The average Bonchev–Trinajstić information content (AvgIpc) is 2.91. The molecule has 148 valence electrons. The van der Waals surface area contributed by atoms with Gasteiger partial charge in [0.25, 0.3) is 0 Å². The van der Waals surface area contributed by atoms with E-state index in [1.54, 1.807) is 24.1 Å². The van der Waals surface area contributed by atoms with Gasteiger partial charge in [0, 0.05) is 48.0 Å². The number of fused-ring (bicyclic) bond motifs is 2. The van der Waals surface area contributed by atoms with Crippen molar-refractivity contribution < 1.29 is 14.4 Å². The molecule has 4 atom stereocenters. The molecule has 0 radical (unpaired) electrons. The molecule has 2 aliphatic heterocycles. The van der Waals surface area contributed by atoms with Gasteiger partial charge in [-0.1, -0.05) is 17.7 Å². The third-order valence-electron chi connectivity index (χ3n) is 6.04. The molecule has 2 aromatic carbocycles. The van der Waals surface area contributed by atoms with Crippen LogP contribution < -0.4 is 20.3 Å². The van der Waals surface area contributed by atoms with Gasteiger partial charge in [-0.05, 0) is 42.5 Å². The van der Waals surface area contributed by atoms with Crippen LogP contribution in [0.2, 0.25) is 5.02 Å². The molecule has 2 aromatic rings. The first kappa shape index (κ1) is 19.1. The number of amides is 2. The summed E-state index contributed by atoms with van der Waals surface area (Å²) in [6.07, 6.45) is 4.55. The first-order valence-electron chi connectivity index (χ1n) is 9.92. The van der Waals surface area contributed by atoms with Crippen molar-refractivity contribution in [2.45, 2.75) is 50.4 Å². The van der Waals surface area contributed by atoms with Crippen molar-refractivity contribution in [3.63, 3.8) is 0 Å². The lowest BCUT2D eigenvalue weighted by molar-refractivity contribution is -0.954. The molecular weight excluding hydrogens is 374 g/mol. The van der Waals surface area contributed by atoms with E-state index in [2.05, 4.69) is 22.8 Å². The van der Waals surface area contributed by atoms with Crippen LogP contribution in [-0.4, -0.2) is 31.3 Å². The summed E-state index contributed by atoms with van der Waals surface area (Å²) in [5.41, 5.74) is 2.06. The van der Waals surface area contributed by atoms with Crippen LogP contribution in [0.25, 0.3) is 0 Å². The SMILES string of the molecule is COc1ccc(C[NH+]2[C@@H]3CC[C@H]2CC(NC(=O)Nc2cccc(Cl)c2)C3)cc1. The Morgan fingerprint density at radius 1 is 1.14 bits per heavy atom. The molecule has 2 bridgehead atoms. The van der Waals surface area contributed by atoms with Crippen molar-refractivity contribution >= 4 is 23.3 Å². The van der Waals surface area contributed by atoms with Gasteiger partial charge >= 0.3 is 6.03 Å². The van der Waals surface area contributed by atoms with Crippen molar-refractivity contribution in [1.82, 2.24) is 5.32 Å². The highest BCUT2D eigenvalue weighted by atomic mass is 35.5. The summed E-state index contributed by atoms with van der Waals surface area (Å²) in [7, 11) is 1.70. The fourth-order valence-corrected chi connectivity index (χ4v) is 4.92. The number of carbonyl (C=O) groups excluding carboxylic acids is 1. The second-order valence-corrected chi connectivity index (χ2v) is 8.28. The Kier molecular flexibility index (Phi) is 5.74. The molecule has 2 saturated heterocycles. The maximum absolute atomic E-state index is 12.4. The summed E-state index contributed by atoms with van der Waals surface area (Å²) < 4.78 is 5.25. The molecule has 5 nitrogen and oxygen atoms in total. The van der Waals surface area contributed by atoms with Gasteiger partial charge in [0.1, 0.15) is 12.3 Å². The van der Waals surface area contributed by atoms with Gasteiger partial charge in [-0.2, -0.15) is 0 Å². The zero-order valence-electron chi connectivity index (χ0n) is 16.1. The summed E-state index contributed by atoms with van der Waals surface area (Å²) in [5.74, 6) is 0.898. The van der Waals surface area contributed by atoms with E-state index in [4.69, 9.17) is 16.3 Å². The second-order valence-electron chi connectivity index (χ2n) is 7.85. The maximum Gasteiger partial charge on any atom is 0.319 e. The molecule has 2 unspecified atom stereocenters. The van der Waals surface area contributed by atoms with Crippen LogP contribution >= 0.6 is 11.6 Å². The number of piperidine rings is 1. The van der Waals surface area contributed by atoms with E-state index >= 15 is 0 Å². The Balaban J connectivity index is 1.32. The Morgan fingerprint density at radius 2 is 1.86 bits per heavy atom. The summed E-state index contributed by atoms with van der Waals surface area (Å²) in [6, 6.07) is 16.9. The van der Waals surface area contributed by atoms with Gasteiger partial charge in [0.15, 0.2) is 0 Å². The fraction of sp³-hybridized carbons (Fsp3) is 0.409. The number of quaternary nitrogens is 1. The molecule has 2 amide bonds. The lowest BCUT2D eigenvalue weighted by Gasteiger charge is -2.36. The molecule has 6 heteroatoms. The number of nitrogens with one attached hydrogen (secondary N) is 3. The highest BCUT2D eigenvalue weighted by molar-refractivity contribution is 6.30. The smallest absolute Gasteiger partial charge is 0.319 e. The van der Waals surface area contributed by atoms with Crippen molar-refractivity contribution in [3.05, 3.63) is 59.1 Å². The van der Waals surface area contributed by atoms with Gasteiger partial charge in [0.2, 0.25) is 0 Å². The zero-order valence-corrected chi connectivity index (χ0v) is 16.8. The molecule has 0 aromatic heterocycles. The monoisotopic (exact) mass is 400 g/mol. The third kappa shape index (κ3) is 4.42. The van der Waals surface area contributed by atoms with Gasteiger partial charge in [-0.25, -0.2) is 4.79 Å². The number of benzene rings is 2. The highest BCUT2D eigenvalue weighted by Crippen LogP contribution is 2.24. The average molecular weight is 401 g/mol. The molecule has 28 heavy (non-hydrogen) atoms. The lowest BCUT2D eigenvalue weighted by Crippen LogP contribution is -3.17. The van der Waals surface area contributed by atoms with E-state index in [1.165, 1.54) is 18.4 Å². The van der Waals surface area contributed by atoms with Gasteiger partial charge in [-0.15, -0.1) is 0 Å². The number of halogens is 1. The quantitative estimate of drug-likeness (QED) is 0.721. The van der Waals surface area contributed by atoms with Gasteiger partial charge in [0.05, 0.1) is 19.2 Å². The first-order chi connectivity index (χ1) is 13.6. The Hall–Kier alpha value is -2.24. The number of urea groups is 1. The topological polar surface area (TPSA) is 54.8 Å². The van der Waals surface area contributed by atoms with Crippen LogP contribution in [0.1, 0.15) is 31.2 Å². The van der Waals surface area contributed by atoms with E-state index in [1.807, 2.05) is 24.3 Å². The largest absolute Gasteiger partial charge is 0.497 e. The van der Waals surface area contributed by atoms with E-state index in [0.29, 0.717) is 17.1 Å². The van der Waals surface area contributed by atoms with Crippen LogP contribution in [0, 0.1) is 0 Å². The van der Waals surface area contributed by atoms with E-state index < -0.39 is 0 Å². The van der Waals surface area contributed by atoms with Crippen molar-refractivity contribution in [2.75, 3.05) is 12.4 Å². The Morgan fingerprint density at radius 3 is 2.50 bits per heavy atom. The minimum atomic E-state index is -0.148. The molecule has 4 rings (SSSR count). The number of hydrogen-bond acceptors (Lipinski definition) is 2. The second kappa shape index (κ2) is 8.41. The molecule has 3 N–H and O–H groups in total. The lowest BCUT2D eigenvalue weighted by atomic mass is 9.96. The van der Waals surface area contributed by atoms with E-state index in [-0.39, 0.29) is 12.1 Å². The number of ether oxygens (including phenoxy) is 1. The van der Waals surface area contributed by atoms with E-state index in [0.717, 1.165) is 30.8 Å². The number of methoxy groups -OCH3 is 1. The Bertz CT molecular complexity index is 813. The van der Waals surface area contributed by atoms with Crippen LogP contribution in [0.15, 0.2) is 48.5 Å². The minimum absolute atomic E-state index is 0.148. The predicted molar refractivity (Wildman–Crippen MR) is 111 cm³/mol. The molecule has 2 aliphatic rings. The standard InChI is InChI=1S/C22H26ClN3O2/c1-28-21-9-5-15(6-10-21)14-26-19-7-8-20(26)13-18(12-19)25-22(27)24-17-4-2-3-16(23)11-17/h2-6,9-11,18-20H,7-8,12-14H2,1H3,(H2,24,25,27)/p+1/t18?,19-,20+. The molecule has 0 spiro atoms. The molecule has 2 fully saturated rings.